The average molecular weight is 573 g/mol. The Balaban J connectivity index is 1.81. The lowest BCUT2D eigenvalue weighted by atomic mass is 9.95. The van der Waals surface area contributed by atoms with Gasteiger partial charge in [0.2, 0.25) is 0 Å². The second kappa shape index (κ2) is 21.3. The Kier molecular flexibility index (Phi) is 18.6. The van der Waals surface area contributed by atoms with Gasteiger partial charge in [0.05, 0.1) is 4.90 Å². The molecule has 4 heteroatoms. The Bertz CT molecular complexity index is 1030. The van der Waals surface area contributed by atoms with E-state index in [0.717, 1.165) is 35.6 Å². The Morgan fingerprint density at radius 1 is 0.525 bits per heavy atom. The van der Waals surface area contributed by atoms with Crippen LogP contribution in [0.15, 0.2) is 35.2 Å². The molecule has 2 rings (SSSR count). The third-order valence-electron chi connectivity index (χ3n) is 8.53. The van der Waals surface area contributed by atoms with Crippen LogP contribution < -0.4 is 0 Å². The van der Waals surface area contributed by atoms with Gasteiger partial charge in [-0.2, -0.15) is 8.42 Å². The van der Waals surface area contributed by atoms with Crippen LogP contribution in [0.1, 0.15) is 166 Å². The lowest BCUT2D eigenvalue weighted by Gasteiger charge is -2.13. The van der Waals surface area contributed by atoms with Crippen LogP contribution in [-0.4, -0.2) is 13.0 Å². The average Bonchev–Trinajstić information content (AvgIpc) is 2.94. The molecule has 2 aromatic rings. The summed E-state index contributed by atoms with van der Waals surface area (Å²) < 4.78 is 34.4. The molecule has 0 aromatic heterocycles. The van der Waals surface area contributed by atoms with E-state index in [0.29, 0.717) is 6.42 Å². The third-order valence-corrected chi connectivity index (χ3v) is 9.47. The molecule has 0 saturated carbocycles. The van der Waals surface area contributed by atoms with Crippen LogP contribution in [0.5, 0.6) is 0 Å². The summed E-state index contributed by atoms with van der Waals surface area (Å²) in [5.41, 5.74) is 2.08. The molecular weight excluding hydrogens is 512 g/mol. The van der Waals surface area contributed by atoms with E-state index in [1.54, 1.807) is 6.07 Å². The topological polar surface area (TPSA) is 54.4 Å². The van der Waals surface area contributed by atoms with Crippen molar-refractivity contribution in [2.45, 2.75) is 173 Å². The smallest absolute Gasteiger partial charge is 0.282 e. The van der Waals surface area contributed by atoms with Crippen LogP contribution in [0, 0.1) is 0 Å². The molecule has 0 heterocycles. The highest BCUT2D eigenvalue weighted by Crippen LogP contribution is 2.29. The molecule has 0 amide bonds. The molecular formula is C36H60O3S. The molecule has 0 fully saturated rings. The minimum Gasteiger partial charge on any atom is -0.282 e. The van der Waals surface area contributed by atoms with Gasteiger partial charge in [0.1, 0.15) is 0 Å². The first-order valence-electron chi connectivity index (χ1n) is 17.0. The molecule has 0 aliphatic heterocycles. The molecule has 0 saturated heterocycles. The largest absolute Gasteiger partial charge is 0.294 e. The van der Waals surface area contributed by atoms with Gasteiger partial charge >= 0.3 is 0 Å². The molecule has 40 heavy (non-hydrogen) atoms. The summed E-state index contributed by atoms with van der Waals surface area (Å²) in [7, 11) is -4.24. The molecule has 0 atom stereocenters. The summed E-state index contributed by atoms with van der Waals surface area (Å²) in [6, 6.07) is 9.94. The number of fused-ring (bicyclic) bond motifs is 1. The van der Waals surface area contributed by atoms with E-state index >= 15 is 0 Å². The lowest BCUT2D eigenvalue weighted by Crippen LogP contribution is -2.04. The van der Waals surface area contributed by atoms with Crippen LogP contribution in [0.3, 0.4) is 0 Å². The van der Waals surface area contributed by atoms with Crippen molar-refractivity contribution >= 4 is 20.9 Å². The van der Waals surface area contributed by atoms with Crippen LogP contribution >= 0.6 is 0 Å². The van der Waals surface area contributed by atoms with Gasteiger partial charge < -0.3 is 0 Å². The number of hydrogen-bond donors (Lipinski definition) is 1. The van der Waals surface area contributed by atoms with E-state index in [1.807, 2.05) is 6.07 Å². The first-order valence-corrected chi connectivity index (χ1v) is 18.4. The van der Waals surface area contributed by atoms with E-state index in [1.165, 1.54) is 134 Å². The van der Waals surface area contributed by atoms with Crippen molar-refractivity contribution in [1.29, 1.82) is 0 Å². The number of unbranched alkanes of at least 4 members (excludes halogenated alkanes) is 20. The summed E-state index contributed by atoms with van der Waals surface area (Å²) in [4.78, 5) is 0.0962. The van der Waals surface area contributed by atoms with Gasteiger partial charge in [-0.1, -0.05) is 167 Å². The molecule has 1 N–H and O–H groups in total. The highest BCUT2D eigenvalue weighted by Gasteiger charge is 2.18. The van der Waals surface area contributed by atoms with Gasteiger partial charge in [-0.25, -0.2) is 0 Å². The molecule has 0 spiro atoms. The van der Waals surface area contributed by atoms with Gasteiger partial charge in [-0.15, -0.1) is 0 Å². The molecule has 0 aliphatic rings. The highest BCUT2D eigenvalue weighted by atomic mass is 32.2. The maximum atomic E-state index is 12.2. The Labute approximate surface area is 247 Å². The van der Waals surface area contributed by atoms with Crippen molar-refractivity contribution in [3.8, 4) is 0 Å². The standard InChI is InChI=1S/C36H60O3S/c1-3-5-7-9-11-13-15-17-19-21-23-25-32-27-28-33-29-30-36(40(37,38)39)34(35(33)31-32)26-24-22-20-18-16-14-12-10-8-6-4-2/h27-31H,3-26H2,1-2H3,(H,37,38,39). The zero-order valence-electron chi connectivity index (χ0n) is 26.0. The minimum absolute atomic E-state index is 0.0962. The number of aryl methyl sites for hydroxylation is 2. The molecule has 0 unspecified atom stereocenters. The van der Waals surface area contributed by atoms with E-state index in [4.69, 9.17) is 0 Å². The zero-order valence-corrected chi connectivity index (χ0v) is 26.8. The summed E-state index contributed by atoms with van der Waals surface area (Å²) >= 11 is 0. The maximum Gasteiger partial charge on any atom is 0.294 e. The first kappa shape index (κ1) is 34.8. The molecule has 228 valence electrons. The zero-order chi connectivity index (χ0) is 28.9. The third kappa shape index (κ3) is 14.5. The summed E-state index contributed by atoms with van der Waals surface area (Å²) in [6.07, 6.45) is 30.4. The van der Waals surface area contributed by atoms with Gasteiger partial charge in [0.25, 0.3) is 10.1 Å². The summed E-state index contributed by atoms with van der Waals surface area (Å²) in [5.74, 6) is 0. The van der Waals surface area contributed by atoms with Crippen molar-refractivity contribution in [1.82, 2.24) is 0 Å². The lowest BCUT2D eigenvalue weighted by molar-refractivity contribution is 0.482. The van der Waals surface area contributed by atoms with Gasteiger partial charge in [-0.3, -0.25) is 4.55 Å². The van der Waals surface area contributed by atoms with Crippen LogP contribution in [-0.2, 0) is 23.0 Å². The van der Waals surface area contributed by atoms with Crippen LogP contribution in [0.4, 0.5) is 0 Å². The molecule has 0 bridgehead atoms. The fourth-order valence-corrected chi connectivity index (χ4v) is 6.79. The van der Waals surface area contributed by atoms with E-state index < -0.39 is 10.1 Å². The van der Waals surface area contributed by atoms with Gasteiger partial charge in [0, 0.05) is 0 Å². The van der Waals surface area contributed by atoms with Gasteiger partial charge in [0.15, 0.2) is 0 Å². The second-order valence-electron chi connectivity index (χ2n) is 12.1. The fourth-order valence-electron chi connectivity index (χ4n) is 6.02. The highest BCUT2D eigenvalue weighted by molar-refractivity contribution is 7.85. The van der Waals surface area contributed by atoms with Crippen molar-refractivity contribution in [2.24, 2.45) is 0 Å². The Morgan fingerprint density at radius 2 is 0.925 bits per heavy atom. The van der Waals surface area contributed by atoms with Crippen LogP contribution in [0.2, 0.25) is 0 Å². The van der Waals surface area contributed by atoms with Crippen molar-refractivity contribution in [3.63, 3.8) is 0 Å². The normalized spacial score (nSPS) is 12.0. The number of hydrogen-bond acceptors (Lipinski definition) is 2. The molecule has 0 radical (unpaired) electrons. The Morgan fingerprint density at radius 3 is 1.38 bits per heavy atom. The monoisotopic (exact) mass is 572 g/mol. The summed E-state index contributed by atoms with van der Waals surface area (Å²) in [5, 5.41) is 2.07. The van der Waals surface area contributed by atoms with Crippen molar-refractivity contribution in [2.75, 3.05) is 0 Å². The minimum atomic E-state index is -4.24. The molecule has 3 nitrogen and oxygen atoms in total. The maximum absolute atomic E-state index is 12.2. The van der Waals surface area contributed by atoms with E-state index in [2.05, 4.69) is 32.0 Å². The predicted molar refractivity (Wildman–Crippen MR) is 174 cm³/mol. The predicted octanol–water partition coefficient (Wildman–Crippen LogP) is 11.8. The summed E-state index contributed by atoms with van der Waals surface area (Å²) in [6.45, 7) is 4.53. The number of rotatable bonds is 25. The Hall–Kier alpha value is -1.39. The van der Waals surface area contributed by atoms with Crippen LogP contribution in [0.25, 0.3) is 10.8 Å². The molecule has 2 aromatic carbocycles. The van der Waals surface area contributed by atoms with Crippen molar-refractivity contribution < 1.29 is 13.0 Å². The quantitative estimate of drug-likeness (QED) is 0.0950. The fraction of sp³-hybridized carbons (Fsp3) is 0.722. The van der Waals surface area contributed by atoms with Crippen molar-refractivity contribution in [3.05, 3.63) is 41.5 Å². The number of benzene rings is 2. The SMILES string of the molecule is CCCCCCCCCCCCCc1ccc2ccc(S(=O)(=O)O)c(CCCCCCCCCCCCC)c2c1. The second-order valence-corrected chi connectivity index (χ2v) is 13.5. The van der Waals surface area contributed by atoms with E-state index in [-0.39, 0.29) is 4.90 Å². The van der Waals surface area contributed by atoms with Gasteiger partial charge in [-0.05, 0) is 53.6 Å². The first-order chi connectivity index (χ1) is 19.5. The molecule has 0 aliphatic carbocycles. The van der Waals surface area contributed by atoms with E-state index in [9.17, 15) is 13.0 Å².